The minimum atomic E-state index is -0.901. The van der Waals surface area contributed by atoms with Crippen LogP contribution in [0.1, 0.15) is 6.92 Å². The van der Waals surface area contributed by atoms with E-state index in [0.717, 1.165) is 21.3 Å². The second kappa shape index (κ2) is 6.70. The summed E-state index contributed by atoms with van der Waals surface area (Å²) in [5.41, 5.74) is -2.00. The minimum absolute atomic E-state index is 0.0123. The van der Waals surface area contributed by atoms with Gasteiger partial charge in [-0.1, -0.05) is 11.6 Å². The van der Waals surface area contributed by atoms with Crippen molar-refractivity contribution in [1.82, 2.24) is 13.7 Å². The molecule has 24 heavy (non-hydrogen) atoms. The Balaban J connectivity index is 2.82. The Morgan fingerprint density at radius 1 is 1.25 bits per heavy atom. The third-order valence-corrected chi connectivity index (χ3v) is 4.12. The number of carbonyl (C=O) groups is 1. The summed E-state index contributed by atoms with van der Waals surface area (Å²) in [4.78, 5) is 35.4. The molecule has 0 N–H and O–H groups in total. The van der Waals surface area contributed by atoms with Crippen molar-refractivity contribution >= 4 is 30.1 Å². The maximum Gasteiger partial charge on any atom is 0.338 e. The SMILES string of the molecule is CC(C=O)Oc1cc(-n2c(=O)n(C)c(=S)n(C)c2=O)c(F)cc1Cl. The molecule has 0 aliphatic heterocycles. The van der Waals surface area contributed by atoms with Crippen LogP contribution < -0.4 is 16.1 Å². The number of aldehydes is 1. The largest absolute Gasteiger partial charge is 0.482 e. The van der Waals surface area contributed by atoms with Gasteiger partial charge in [0.05, 0.1) is 10.7 Å². The lowest BCUT2D eigenvalue weighted by Crippen LogP contribution is -2.43. The minimum Gasteiger partial charge on any atom is -0.482 e. The zero-order chi connectivity index (χ0) is 18.2. The average Bonchev–Trinajstić information content (AvgIpc) is 2.55. The fourth-order valence-corrected chi connectivity index (χ4v) is 2.34. The van der Waals surface area contributed by atoms with Gasteiger partial charge < -0.3 is 4.74 Å². The van der Waals surface area contributed by atoms with Crippen molar-refractivity contribution in [3.05, 3.63) is 48.7 Å². The number of halogens is 2. The number of hydrogen-bond donors (Lipinski definition) is 0. The number of benzene rings is 1. The van der Waals surface area contributed by atoms with Crippen molar-refractivity contribution in [2.75, 3.05) is 0 Å². The van der Waals surface area contributed by atoms with Crippen LogP contribution in [0.3, 0.4) is 0 Å². The molecular formula is C14H13ClFN3O4S. The van der Waals surface area contributed by atoms with Crippen LogP contribution in [0.5, 0.6) is 5.75 Å². The molecule has 128 valence electrons. The molecule has 10 heteroatoms. The fraction of sp³-hybridized carbons (Fsp3) is 0.286. The topological polar surface area (TPSA) is 75.2 Å². The second-order valence-electron chi connectivity index (χ2n) is 4.99. The van der Waals surface area contributed by atoms with Crippen LogP contribution in [-0.2, 0) is 18.9 Å². The molecule has 0 amide bonds. The summed E-state index contributed by atoms with van der Waals surface area (Å²) in [6.07, 6.45) is -0.317. The van der Waals surface area contributed by atoms with Crippen LogP contribution in [0.25, 0.3) is 5.69 Å². The van der Waals surface area contributed by atoms with Crippen LogP contribution in [0, 0.1) is 10.6 Å². The molecule has 0 saturated heterocycles. The monoisotopic (exact) mass is 373 g/mol. The lowest BCUT2D eigenvalue weighted by molar-refractivity contribution is -0.113. The van der Waals surface area contributed by atoms with Gasteiger partial charge in [-0.3, -0.25) is 13.9 Å². The molecule has 1 aromatic carbocycles. The van der Waals surface area contributed by atoms with E-state index in [1.54, 1.807) is 0 Å². The molecule has 0 aliphatic rings. The summed E-state index contributed by atoms with van der Waals surface area (Å²) >= 11 is 10.8. The number of ether oxygens (including phenoxy) is 1. The van der Waals surface area contributed by atoms with Crippen molar-refractivity contribution in [1.29, 1.82) is 0 Å². The van der Waals surface area contributed by atoms with E-state index in [0.29, 0.717) is 10.9 Å². The molecule has 1 aromatic heterocycles. The van der Waals surface area contributed by atoms with E-state index in [4.69, 9.17) is 28.6 Å². The van der Waals surface area contributed by atoms with Gasteiger partial charge in [0.25, 0.3) is 0 Å². The molecule has 0 spiro atoms. The van der Waals surface area contributed by atoms with Gasteiger partial charge in [0.1, 0.15) is 11.6 Å². The summed E-state index contributed by atoms with van der Waals surface area (Å²) in [5, 5.41) is -0.0981. The normalized spacial score (nSPS) is 12.0. The molecule has 2 aromatic rings. The first-order chi connectivity index (χ1) is 11.2. The zero-order valence-electron chi connectivity index (χ0n) is 12.9. The highest BCUT2D eigenvalue weighted by Crippen LogP contribution is 2.29. The molecule has 0 aliphatic carbocycles. The van der Waals surface area contributed by atoms with Crippen LogP contribution in [0.4, 0.5) is 4.39 Å². The molecule has 0 radical (unpaired) electrons. The molecule has 2 rings (SSSR count). The average molecular weight is 374 g/mol. The van der Waals surface area contributed by atoms with Gasteiger partial charge in [0, 0.05) is 20.2 Å². The van der Waals surface area contributed by atoms with Crippen molar-refractivity contribution in [3.63, 3.8) is 0 Å². The highest BCUT2D eigenvalue weighted by molar-refractivity contribution is 7.71. The highest BCUT2D eigenvalue weighted by atomic mass is 35.5. The third kappa shape index (κ3) is 3.04. The first-order valence-corrected chi connectivity index (χ1v) is 7.48. The molecular weight excluding hydrogens is 361 g/mol. The maximum atomic E-state index is 14.3. The smallest absolute Gasteiger partial charge is 0.338 e. The molecule has 0 bridgehead atoms. The second-order valence-corrected chi connectivity index (χ2v) is 5.77. The van der Waals surface area contributed by atoms with Crippen molar-refractivity contribution < 1.29 is 13.9 Å². The lowest BCUT2D eigenvalue weighted by atomic mass is 10.2. The van der Waals surface area contributed by atoms with Crippen LogP contribution in [0.15, 0.2) is 21.7 Å². The van der Waals surface area contributed by atoms with Crippen LogP contribution in [0.2, 0.25) is 5.02 Å². The van der Waals surface area contributed by atoms with Crippen molar-refractivity contribution in [2.45, 2.75) is 13.0 Å². The Kier molecular flexibility index (Phi) is 5.05. The molecule has 0 fully saturated rings. The molecule has 1 heterocycles. The Morgan fingerprint density at radius 3 is 2.29 bits per heavy atom. The van der Waals surface area contributed by atoms with E-state index in [-0.39, 0.29) is 21.2 Å². The van der Waals surface area contributed by atoms with Crippen molar-refractivity contribution in [2.24, 2.45) is 14.1 Å². The van der Waals surface area contributed by atoms with E-state index in [1.165, 1.54) is 21.0 Å². The number of aromatic nitrogens is 3. The van der Waals surface area contributed by atoms with Gasteiger partial charge in [0.15, 0.2) is 17.2 Å². The first-order valence-electron chi connectivity index (χ1n) is 6.69. The van der Waals surface area contributed by atoms with E-state index in [9.17, 15) is 18.8 Å². The Labute approximate surface area is 145 Å². The predicted octanol–water partition coefficient (Wildman–Crippen LogP) is 1.36. The standard InChI is InChI=1S/C14H13ClFN3O4S/c1-7(6-20)23-11-5-10(9(16)4-8(11)15)19-12(21)17(2)14(24)18(3)13(19)22/h4-7H,1-3H3. The summed E-state index contributed by atoms with van der Waals surface area (Å²) in [6.45, 7) is 1.46. The lowest BCUT2D eigenvalue weighted by Gasteiger charge is -2.15. The van der Waals surface area contributed by atoms with E-state index < -0.39 is 23.3 Å². The van der Waals surface area contributed by atoms with E-state index in [1.807, 2.05) is 0 Å². The Morgan fingerprint density at radius 2 is 1.79 bits per heavy atom. The fourth-order valence-electron chi connectivity index (χ4n) is 1.98. The molecule has 1 unspecified atom stereocenters. The summed E-state index contributed by atoms with van der Waals surface area (Å²) in [7, 11) is 2.72. The van der Waals surface area contributed by atoms with Gasteiger partial charge >= 0.3 is 11.4 Å². The third-order valence-electron chi connectivity index (χ3n) is 3.28. The molecule has 7 nitrogen and oxygen atoms in total. The van der Waals surface area contributed by atoms with Gasteiger partial charge in [-0.2, -0.15) is 0 Å². The van der Waals surface area contributed by atoms with Gasteiger partial charge in [0.2, 0.25) is 0 Å². The number of hydrogen-bond acceptors (Lipinski definition) is 5. The van der Waals surface area contributed by atoms with Crippen LogP contribution >= 0.6 is 23.8 Å². The Bertz CT molecular complexity index is 955. The summed E-state index contributed by atoms with van der Waals surface area (Å²) < 4.78 is 22.2. The summed E-state index contributed by atoms with van der Waals surface area (Å²) in [6, 6.07) is 1.99. The quantitative estimate of drug-likeness (QED) is 0.597. The van der Waals surface area contributed by atoms with Gasteiger partial charge in [-0.15, -0.1) is 0 Å². The highest BCUT2D eigenvalue weighted by Gasteiger charge is 2.18. The number of carbonyl (C=O) groups excluding carboxylic acids is 1. The van der Waals surface area contributed by atoms with Crippen LogP contribution in [-0.4, -0.2) is 26.1 Å². The zero-order valence-corrected chi connectivity index (χ0v) is 14.5. The van der Waals surface area contributed by atoms with Gasteiger partial charge in [-0.25, -0.2) is 18.5 Å². The first kappa shape index (κ1) is 18.1. The molecule has 0 saturated carbocycles. The number of nitrogens with zero attached hydrogens (tertiary/aromatic N) is 3. The van der Waals surface area contributed by atoms with Crippen molar-refractivity contribution in [3.8, 4) is 11.4 Å². The maximum absolute atomic E-state index is 14.3. The van der Waals surface area contributed by atoms with Gasteiger partial charge in [-0.05, 0) is 25.2 Å². The predicted molar refractivity (Wildman–Crippen MR) is 88.2 cm³/mol. The van der Waals surface area contributed by atoms with E-state index in [2.05, 4.69) is 0 Å². The summed E-state index contributed by atoms with van der Waals surface area (Å²) in [5.74, 6) is -0.936. The van der Waals surface area contributed by atoms with E-state index >= 15 is 0 Å². The Hall–Kier alpha value is -2.26. The number of rotatable bonds is 4. The molecule has 1 atom stereocenters.